The quantitative estimate of drug-likeness (QED) is 0.719. The highest BCUT2D eigenvalue weighted by Crippen LogP contribution is 2.30. The molecule has 0 spiro atoms. The number of hydrogen-bond donors (Lipinski definition) is 1. The predicted octanol–water partition coefficient (Wildman–Crippen LogP) is 0.962. The fourth-order valence-corrected chi connectivity index (χ4v) is 5.24. The van der Waals surface area contributed by atoms with Crippen molar-refractivity contribution in [3.8, 4) is 5.75 Å². The van der Waals surface area contributed by atoms with Crippen LogP contribution in [0.5, 0.6) is 5.75 Å². The molecule has 0 radical (unpaired) electrons. The van der Waals surface area contributed by atoms with E-state index in [-0.39, 0.29) is 35.0 Å². The standard InChI is InChI=1S/C18H27N3O5S.ClH/c1-19-13-15-4-3-7-21(15)18(22)14-5-6-16(25-2)17(12-14)27(23,24)20-8-10-26-11-9-20;/h5-6,12,15,19H,3-4,7-11,13H2,1-2H3;1H. The highest BCUT2D eigenvalue weighted by Gasteiger charge is 2.32. The lowest BCUT2D eigenvalue weighted by Gasteiger charge is -2.27. The summed E-state index contributed by atoms with van der Waals surface area (Å²) in [6.07, 6.45) is 1.90. The lowest BCUT2D eigenvalue weighted by molar-refractivity contribution is 0.0727. The van der Waals surface area contributed by atoms with Crippen LogP contribution in [0.15, 0.2) is 23.1 Å². The van der Waals surface area contributed by atoms with Gasteiger partial charge in [-0.05, 0) is 38.1 Å². The van der Waals surface area contributed by atoms with Crippen LogP contribution < -0.4 is 10.1 Å². The van der Waals surface area contributed by atoms with Crippen molar-refractivity contribution in [1.82, 2.24) is 14.5 Å². The molecule has 1 aromatic rings. The van der Waals surface area contributed by atoms with Gasteiger partial charge in [0, 0.05) is 37.8 Å². The molecule has 0 bridgehead atoms. The van der Waals surface area contributed by atoms with Crippen molar-refractivity contribution < 1.29 is 22.7 Å². The Morgan fingerprint density at radius 3 is 2.64 bits per heavy atom. The van der Waals surface area contributed by atoms with E-state index in [4.69, 9.17) is 9.47 Å². The summed E-state index contributed by atoms with van der Waals surface area (Å²) in [6.45, 7) is 2.71. The number of nitrogens with one attached hydrogen (secondary N) is 1. The molecule has 1 N–H and O–H groups in total. The molecule has 0 aliphatic carbocycles. The van der Waals surface area contributed by atoms with Gasteiger partial charge in [-0.25, -0.2) is 8.42 Å². The molecule has 1 aromatic carbocycles. The van der Waals surface area contributed by atoms with E-state index in [9.17, 15) is 13.2 Å². The minimum absolute atomic E-state index is 0. The van der Waals surface area contributed by atoms with Gasteiger partial charge in [-0.15, -0.1) is 12.4 Å². The zero-order chi connectivity index (χ0) is 19.4. The number of amides is 1. The van der Waals surface area contributed by atoms with Gasteiger partial charge in [0.15, 0.2) is 0 Å². The third-order valence-electron chi connectivity index (χ3n) is 5.08. The molecule has 2 fully saturated rings. The summed E-state index contributed by atoms with van der Waals surface area (Å²) in [7, 11) is -0.471. The first-order chi connectivity index (χ1) is 13.0. The summed E-state index contributed by atoms with van der Waals surface area (Å²) in [5.74, 6) is 0.0973. The van der Waals surface area contributed by atoms with Crippen LogP contribution in [0.25, 0.3) is 0 Å². The van der Waals surface area contributed by atoms with Crippen molar-refractivity contribution in [2.75, 3.05) is 53.6 Å². The maximum atomic E-state index is 13.1. The summed E-state index contributed by atoms with van der Waals surface area (Å²) in [6, 6.07) is 4.77. The van der Waals surface area contributed by atoms with E-state index in [1.54, 1.807) is 12.1 Å². The average Bonchev–Trinajstić information content (AvgIpc) is 3.16. The van der Waals surface area contributed by atoms with Crippen molar-refractivity contribution in [3.63, 3.8) is 0 Å². The fourth-order valence-electron chi connectivity index (χ4n) is 3.65. The predicted molar refractivity (Wildman–Crippen MR) is 108 cm³/mol. The van der Waals surface area contributed by atoms with Gasteiger partial charge in [-0.2, -0.15) is 4.31 Å². The molecule has 8 nitrogen and oxygen atoms in total. The molecule has 28 heavy (non-hydrogen) atoms. The molecule has 158 valence electrons. The van der Waals surface area contributed by atoms with Gasteiger partial charge in [0.1, 0.15) is 10.6 Å². The van der Waals surface area contributed by atoms with Crippen molar-refractivity contribution in [2.24, 2.45) is 0 Å². The van der Waals surface area contributed by atoms with E-state index < -0.39 is 10.0 Å². The number of likely N-dealkylation sites (N-methyl/N-ethyl adjacent to an activating group) is 1. The van der Waals surface area contributed by atoms with Crippen LogP contribution in [0, 0.1) is 0 Å². The fraction of sp³-hybridized carbons (Fsp3) is 0.611. The Balaban J connectivity index is 0.00000280. The van der Waals surface area contributed by atoms with Crippen molar-refractivity contribution >= 4 is 28.3 Å². The normalized spacial score (nSPS) is 20.6. The summed E-state index contributed by atoms with van der Waals surface area (Å²) < 4.78 is 38.1. The molecular weight excluding hydrogens is 406 g/mol. The van der Waals surface area contributed by atoms with Gasteiger partial charge in [-0.3, -0.25) is 4.79 Å². The molecule has 2 aliphatic rings. The number of likely N-dealkylation sites (tertiary alicyclic amines) is 1. The first-order valence-corrected chi connectivity index (χ1v) is 10.6. The SMILES string of the molecule is CNCC1CCCN1C(=O)c1ccc(OC)c(S(=O)(=O)N2CCOCC2)c1.Cl. The zero-order valence-corrected chi connectivity index (χ0v) is 17.9. The summed E-state index contributed by atoms with van der Waals surface area (Å²) in [5.41, 5.74) is 0.366. The van der Waals surface area contributed by atoms with E-state index in [2.05, 4.69) is 5.32 Å². The zero-order valence-electron chi connectivity index (χ0n) is 16.2. The van der Waals surface area contributed by atoms with Gasteiger partial charge in [0.05, 0.1) is 20.3 Å². The van der Waals surface area contributed by atoms with Crippen LogP contribution in [-0.2, 0) is 14.8 Å². The third kappa shape index (κ3) is 4.60. The van der Waals surface area contributed by atoms with Crippen LogP contribution in [0.4, 0.5) is 0 Å². The molecule has 0 saturated carbocycles. The number of hydrogen-bond acceptors (Lipinski definition) is 6. The van der Waals surface area contributed by atoms with Crippen molar-refractivity contribution in [2.45, 2.75) is 23.8 Å². The second kappa shape index (κ2) is 9.89. The second-order valence-electron chi connectivity index (χ2n) is 6.73. The number of methoxy groups -OCH3 is 1. The molecule has 1 atom stereocenters. The largest absolute Gasteiger partial charge is 0.495 e. The van der Waals surface area contributed by atoms with Gasteiger partial charge >= 0.3 is 0 Å². The van der Waals surface area contributed by atoms with Crippen LogP contribution in [0.3, 0.4) is 0 Å². The Kier molecular flexibility index (Phi) is 8.08. The number of sulfonamides is 1. The van der Waals surface area contributed by atoms with Crippen molar-refractivity contribution in [1.29, 1.82) is 0 Å². The molecular formula is C18H28ClN3O5S. The Labute approximate surface area is 172 Å². The van der Waals surface area contributed by atoms with Gasteiger partial charge < -0.3 is 19.7 Å². The molecule has 2 heterocycles. The number of nitrogens with zero attached hydrogens (tertiary/aromatic N) is 2. The minimum atomic E-state index is -3.76. The Morgan fingerprint density at radius 2 is 2.00 bits per heavy atom. The topological polar surface area (TPSA) is 88.2 Å². The van der Waals surface area contributed by atoms with Crippen LogP contribution in [-0.4, -0.2) is 83.1 Å². The second-order valence-corrected chi connectivity index (χ2v) is 8.64. The maximum Gasteiger partial charge on any atom is 0.254 e. The lowest BCUT2D eigenvalue weighted by Crippen LogP contribution is -2.41. The molecule has 2 saturated heterocycles. The number of benzene rings is 1. The first kappa shape index (κ1) is 22.9. The summed E-state index contributed by atoms with van der Waals surface area (Å²) in [5, 5.41) is 3.11. The average molecular weight is 434 g/mol. The van der Waals surface area contributed by atoms with E-state index in [1.807, 2.05) is 11.9 Å². The Hall–Kier alpha value is -1.39. The van der Waals surface area contributed by atoms with E-state index in [0.717, 1.165) is 19.4 Å². The smallest absolute Gasteiger partial charge is 0.254 e. The summed E-state index contributed by atoms with van der Waals surface area (Å²) >= 11 is 0. The molecule has 0 aromatic heterocycles. The number of carbonyl (C=O) groups is 1. The molecule has 2 aliphatic heterocycles. The number of halogens is 1. The number of carbonyl (C=O) groups excluding carboxylic acids is 1. The summed E-state index contributed by atoms with van der Waals surface area (Å²) in [4.78, 5) is 14.9. The van der Waals surface area contributed by atoms with Crippen LogP contribution in [0.1, 0.15) is 23.2 Å². The first-order valence-electron chi connectivity index (χ1n) is 9.20. The Morgan fingerprint density at radius 1 is 1.29 bits per heavy atom. The van der Waals surface area contributed by atoms with Gasteiger partial charge in [-0.1, -0.05) is 0 Å². The van der Waals surface area contributed by atoms with E-state index in [0.29, 0.717) is 38.4 Å². The minimum Gasteiger partial charge on any atom is -0.495 e. The molecule has 3 rings (SSSR count). The van der Waals surface area contributed by atoms with E-state index >= 15 is 0 Å². The number of morpholine rings is 1. The highest BCUT2D eigenvalue weighted by molar-refractivity contribution is 7.89. The maximum absolute atomic E-state index is 13.1. The van der Waals surface area contributed by atoms with Gasteiger partial charge in [0.25, 0.3) is 5.91 Å². The van der Waals surface area contributed by atoms with Crippen molar-refractivity contribution in [3.05, 3.63) is 23.8 Å². The molecule has 1 unspecified atom stereocenters. The van der Waals surface area contributed by atoms with Gasteiger partial charge in [0.2, 0.25) is 10.0 Å². The monoisotopic (exact) mass is 433 g/mol. The van der Waals surface area contributed by atoms with Crippen LogP contribution in [0.2, 0.25) is 0 Å². The molecule has 1 amide bonds. The van der Waals surface area contributed by atoms with Crippen LogP contribution >= 0.6 is 12.4 Å². The highest BCUT2D eigenvalue weighted by atomic mass is 35.5. The third-order valence-corrected chi connectivity index (χ3v) is 7.00. The Bertz CT molecular complexity index is 783. The van der Waals surface area contributed by atoms with E-state index in [1.165, 1.54) is 17.5 Å². The lowest BCUT2D eigenvalue weighted by atomic mass is 10.1. The number of rotatable bonds is 6. The number of ether oxygens (including phenoxy) is 2. The molecule has 10 heteroatoms.